The van der Waals surface area contributed by atoms with E-state index in [0.29, 0.717) is 9.90 Å². The minimum atomic E-state index is -1.61. The zero-order valence-corrected chi connectivity index (χ0v) is 9.30. The van der Waals surface area contributed by atoms with Gasteiger partial charge in [-0.15, -0.1) is 11.3 Å². The van der Waals surface area contributed by atoms with Gasteiger partial charge in [0.05, 0.1) is 4.34 Å². The molecule has 0 saturated carbocycles. The molecule has 0 aliphatic heterocycles. The number of rotatable bonds is 2. The molecule has 0 fully saturated rings. The molecule has 0 aliphatic carbocycles. The van der Waals surface area contributed by atoms with Crippen LogP contribution < -0.4 is 0 Å². The Morgan fingerprint density at radius 1 is 1.57 bits per heavy atom. The molecular formula is C8H5Cl2FO2S. The molecule has 76 valence electrons. The van der Waals surface area contributed by atoms with E-state index in [0.717, 1.165) is 11.3 Å². The molecule has 0 unspecified atom stereocenters. The number of carboxylic acid groups (broad SMARTS) is 1. The van der Waals surface area contributed by atoms with Gasteiger partial charge in [-0.3, -0.25) is 0 Å². The van der Waals surface area contributed by atoms with Crippen molar-refractivity contribution in [2.24, 2.45) is 0 Å². The molecule has 1 N–H and O–H groups in total. The van der Waals surface area contributed by atoms with Crippen molar-refractivity contribution in [3.05, 3.63) is 26.1 Å². The number of thiophene rings is 1. The summed E-state index contributed by atoms with van der Waals surface area (Å²) in [6.45, 7) is 1.34. The maximum absolute atomic E-state index is 13.0. The molecule has 0 amide bonds. The molecule has 1 aromatic rings. The van der Waals surface area contributed by atoms with Crippen molar-refractivity contribution in [1.82, 2.24) is 0 Å². The van der Waals surface area contributed by atoms with Crippen molar-refractivity contribution >= 4 is 46.1 Å². The van der Waals surface area contributed by atoms with Crippen LogP contribution >= 0.6 is 34.5 Å². The minimum absolute atomic E-state index is 0.0225. The third-order valence-corrected chi connectivity index (χ3v) is 3.07. The van der Waals surface area contributed by atoms with E-state index in [9.17, 15) is 9.18 Å². The fourth-order valence-corrected chi connectivity index (χ4v) is 2.45. The first-order valence-electron chi connectivity index (χ1n) is 3.48. The number of halogens is 3. The zero-order chi connectivity index (χ0) is 10.9. The van der Waals surface area contributed by atoms with E-state index in [2.05, 4.69) is 0 Å². The van der Waals surface area contributed by atoms with E-state index in [1.807, 2.05) is 0 Å². The minimum Gasteiger partial charge on any atom is -0.476 e. The predicted octanol–water partition coefficient (Wildman–Crippen LogP) is 3.84. The maximum Gasteiger partial charge on any atom is 0.365 e. The summed E-state index contributed by atoms with van der Waals surface area (Å²) in [5.41, 5.74) is 0.298. The summed E-state index contributed by atoms with van der Waals surface area (Å²) in [6.07, 6.45) is 0. The summed E-state index contributed by atoms with van der Waals surface area (Å²) in [5.74, 6) is -2.83. The van der Waals surface area contributed by atoms with Crippen LogP contribution in [-0.4, -0.2) is 11.1 Å². The monoisotopic (exact) mass is 254 g/mol. The number of carbonyl (C=O) groups is 1. The molecule has 1 rings (SSSR count). The summed E-state index contributed by atoms with van der Waals surface area (Å²) in [4.78, 5) is 10.3. The fraction of sp³-hybridized carbons (Fsp3) is 0.125. The summed E-state index contributed by atoms with van der Waals surface area (Å²) >= 11 is 12.4. The van der Waals surface area contributed by atoms with Gasteiger partial charge in [0.25, 0.3) is 0 Å². The van der Waals surface area contributed by atoms with Crippen molar-refractivity contribution in [1.29, 1.82) is 0 Å². The lowest BCUT2D eigenvalue weighted by molar-refractivity contribution is -0.134. The van der Waals surface area contributed by atoms with Crippen molar-refractivity contribution in [3.63, 3.8) is 0 Å². The molecule has 2 nitrogen and oxygen atoms in total. The lowest BCUT2D eigenvalue weighted by Crippen LogP contribution is -1.97. The van der Waals surface area contributed by atoms with Crippen molar-refractivity contribution in [2.45, 2.75) is 6.92 Å². The summed E-state index contributed by atoms with van der Waals surface area (Å²) in [7, 11) is 0. The van der Waals surface area contributed by atoms with E-state index in [1.165, 1.54) is 13.0 Å². The highest BCUT2D eigenvalue weighted by molar-refractivity contribution is 7.20. The Morgan fingerprint density at radius 2 is 2.14 bits per heavy atom. The van der Waals surface area contributed by atoms with Crippen LogP contribution in [0, 0.1) is 0 Å². The van der Waals surface area contributed by atoms with Crippen LogP contribution in [0.5, 0.6) is 0 Å². The number of allylic oxidation sites excluding steroid dienone is 1. The molecular weight excluding hydrogens is 250 g/mol. The lowest BCUT2D eigenvalue weighted by atomic mass is 10.1. The highest BCUT2D eigenvalue weighted by Gasteiger charge is 2.16. The predicted molar refractivity (Wildman–Crippen MR) is 55.7 cm³/mol. The molecule has 1 aromatic heterocycles. The van der Waals surface area contributed by atoms with Crippen LogP contribution in [0.3, 0.4) is 0 Å². The van der Waals surface area contributed by atoms with Crippen LogP contribution in [0.25, 0.3) is 5.57 Å². The standard InChI is InChI=1S/C8H5Cl2FO2S/c1-3(6(11)8(12)13)4-2-5(9)14-7(4)10/h2H,1H3,(H,12,13)/b6-3-. The van der Waals surface area contributed by atoms with Crippen molar-refractivity contribution in [3.8, 4) is 0 Å². The molecule has 0 bridgehead atoms. The highest BCUT2D eigenvalue weighted by Crippen LogP contribution is 2.36. The first-order valence-corrected chi connectivity index (χ1v) is 5.05. The Morgan fingerprint density at radius 3 is 2.50 bits per heavy atom. The van der Waals surface area contributed by atoms with Gasteiger partial charge in [0.1, 0.15) is 4.34 Å². The smallest absolute Gasteiger partial charge is 0.365 e. The molecule has 0 atom stereocenters. The van der Waals surface area contributed by atoms with E-state index in [4.69, 9.17) is 28.3 Å². The quantitative estimate of drug-likeness (QED) is 0.815. The largest absolute Gasteiger partial charge is 0.476 e. The van der Waals surface area contributed by atoms with Gasteiger partial charge in [-0.2, -0.15) is 4.39 Å². The topological polar surface area (TPSA) is 37.3 Å². The van der Waals surface area contributed by atoms with Crippen molar-refractivity contribution in [2.75, 3.05) is 0 Å². The van der Waals surface area contributed by atoms with Gasteiger partial charge < -0.3 is 5.11 Å². The van der Waals surface area contributed by atoms with E-state index in [1.54, 1.807) is 0 Å². The Balaban J connectivity index is 3.24. The Hall–Kier alpha value is -0.580. The molecule has 1 heterocycles. The molecule has 0 spiro atoms. The average molecular weight is 255 g/mol. The molecule has 0 radical (unpaired) electrons. The number of carboxylic acids is 1. The average Bonchev–Trinajstić information content (AvgIpc) is 2.42. The van der Waals surface area contributed by atoms with Gasteiger partial charge in [-0.1, -0.05) is 23.2 Å². The molecule has 6 heteroatoms. The van der Waals surface area contributed by atoms with Gasteiger partial charge in [-0.05, 0) is 13.0 Å². The first kappa shape index (κ1) is 11.5. The lowest BCUT2D eigenvalue weighted by Gasteiger charge is -1.98. The highest BCUT2D eigenvalue weighted by atomic mass is 35.5. The Kier molecular flexibility index (Phi) is 3.53. The van der Waals surface area contributed by atoms with Crippen LogP contribution in [0.15, 0.2) is 11.9 Å². The molecule has 0 aromatic carbocycles. The maximum atomic E-state index is 13.0. The van der Waals surface area contributed by atoms with Gasteiger partial charge in [-0.25, -0.2) is 4.79 Å². The summed E-state index contributed by atoms with van der Waals surface area (Å²) < 4.78 is 13.6. The second kappa shape index (κ2) is 4.29. The number of hydrogen-bond donors (Lipinski definition) is 1. The van der Waals surface area contributed by atoms with Gasteiger partial charge >= 0.3 is 5.97 Å². The Labute approximate surface area is 93.6 Å². The Bertz CT molecular complexity index is 411. The molecule has 14 heavy (non-hydrogen) atoms. The molecule has 0 aliphatic rings. The van der Waals surface area contributed by atoms with Gasteiger partial charge in [0, 0.05) is 11.1 Å². The second-order valence-corrected chi connectivity index (χ2v) is 4.77. The molecule has 0 saturated heterocycles. The second-order valence-electron chi connectivity index (χ2n) is 2.48. The van der Waals surface area contributed by atoms with Gasteiger partial charge in [0.15, 0.2) is 0 Å². The third-order valence-electron chi connectivity index (χ3n) is 1.58. The van der Waals surface area contributed by atoms with Crippen LogP contribution in [0.1, 0.15) is 12.5 Å². The van der Waals surface area contributed by atoms with Crippen LogP contribution in [0.2, 0.25) is 8.67 Å². The van der Waals surface area contributed by atoms with E-state index >= 15 is 0 Å². The fourth-order valence-electron chi connectivity index (χ4n) is 0.875. The number of hydrogen-bond acceptors (Lipinski definition) is 2. The van der Waals surface area contributed by atoms with Crippen molar-refractivity contribution < 1.29 is 14.3 Å². The summed E-state index contributed by atoms with van der Waals surface area (Å²) in [5, 5.41) is 8.41. The summed E-state index contributed by atoms with van der Waals surface area (Å²) in [6, 6.07) is 1.44. The van der Waals surface area contributed by atoms with Gasteiger partial charge in [0.2, 0.25) is 5.83 Å². The first-order chi connectivity index (χ1) is 6.43. The normalized spacial score (nSPS) is 12.6. The number of aliphatic carboxylic acids is 1. The van der Waals surface area contributed by atoms with Crippen LogP contribution in [-0.2, 0) is 4.79 Å². The zero-order valence-electron chi connectivity index (χ0n) is 6.97. The third kappa shape index (κ3) is 2.26. The van der Waals surface area contributed by atoms with E-state index < -0.39 is 11.8 Å². The SMILES string of the molecule is C/C(=C(/F)C(=O)O)c1cc(Cl)sc1Cl. The van der Waals surface area contributed by atoms with Crippen LogP contribution in [0.4, 0.5) is 4.39 Å². The van der Waals surface area contributed by atoms with E-state index in [-0.39, 0.29) is 9.91 Å².